The molecule has 0 rings (SSSR count). The van der Waals surface area contributed by atoms with Crippen molar-refractivity contribution in [3.63, 3.8) is 0 Å². The van der Waals surface area contributed by atoms with Crippen molar-refractivity contribution < 1.29 is 5.11 Å². The van der Waals surface area contributed by atoms with Gasteiger partial charge in [0.05, 0.1) is 6.61 Å². The van der Waals surface area contributed by atoms with Crippen LogP contribution in [0.1, 0.15) is 64.7 Å². The highest BCUT2D eigenvalue weighted by Crippen LogP contribution is 2.01. The van der Waals surface area contributed by atoms with Crippen LogP contribution in [0, 0.1) is 23.7 Å². The SMILES string of the molecule is CCCCC#CCCCCCC#CCCO. The summed E-state index contributed by atoms with van der Waals surface area (Å²) in [6.45, 7) is 2.37. The zero-order chi connectivity index (χ0) is 11.9. The van der Waals surface area contributed by atoms with Crippen LogP contribution in [-0.2, 0) is 0 Å². The van der Waals surface area contributed by atoms with E-state index in [9.17, 15) is 0 Å². The molecule has 0 aromatic carbocycles. The molecular formula is C15H24O. The van der Waals surface area contributed by atoms with Crippen LogP contribution < -0.4 is 0 Å². The Bertz CT molecular complexity index is 246. The van der Waals surface area contributed by atoms with Gasteiger partial charge < -0.3 is 5.11 Å². The van der Waals surface area contributed by atoms with Crippen molar-refractivity contribution in [2.75, 3.05) is 6.61 Å². The lowest BCUT2D eigenvalue weighted by molar-refractivity contribution is 0.305. The number of unbranched alkanes of at least 4 members (excludes halogenated alkanes) is 6. The van der Waals surface area contributed by atoms with Crippen LogP contribution in [0.4, 0.5) is 0 Å². The second kappa shape index (κ2) is 14.1. The molecule has 0 saturated carbocycles. The van der Waals surface area contributed by atoms with E-state index in [1.165, 1.54) is 25.7 Å². The monoisotopic (exact) mass is 220 g/mol. The zero-order valence-corrected chi connectivity index (χ0v) is 10.5. The first-order valence-electron chi connectivity index (χ1n) is 6.44. The van der Waals surface area contributed by atoms with Crippen molar-refractivity contribution in [1.29, 1.82) is 0 Å². The van der Waals surface area contributed by atoms with Gasteiger partial charge in [-0.25, -0.2) is 0 Å². The summed E-state index contributed by atoms with van der Waals surface area (Å²) in [6.07, 6.45) is 9.71. The van der Waals surface area contributed by atoms with Crippen LogP contribution in [0.15, 0.2) is 0 Å². The van der Waals surface area contributed by atoms with E-state index in [1.54, 1.807) is 0 Å². The molecule has 90 valence electrons. The normalized spacial score (nSPS) is 8.88. The topological polar surface area (TPSA) is 20.2 Å². The summed E-state index contributed by atoms with van der Waals surface area (Å²) in [5.41, 5.74) is 0. The zero-order valence-electron chi connectivity index (χ0n) is 10.5. The van der Waals surface area contributed by atoms with Crippen LogP contribution in [0.2, 0.25) is 0 Å². The third kappa shape index (κ3) is 13.1. The summed E-state index contributed by atoms with van der Waals surface area (Å²) in [6, 6.07) is 0. The van der Waals surface area contributed by atoms with Gasteiger partial charge in [-0.1, -0.05) is 19.8 Å². The van der Waals surface area contributed by atoms with Gasteiger partial charge in [0.25, 0.3) is 0 Å². The van der Waals surface area contributed by atoms with E-state index >= 15 is 0 Å². The predicted molar refractivity (Wildman–Crippen MR) is 69.9 cm³/mol. The quantitative estimate of drug-likeness (QED) is 0.514. The molecule has 0 amide bonds. The fourth-order valence-electron chi connectivity index (χ4n) is 1.28. The van der Waals surface area contributed by atoms with Gasteiger partial charge in [-0.05, 0) is 19.3 Å². The molecule has 1 N–H and O–H groups in total. The number of hydrogen-bond donors (Lipinski definition) is 1. The lowest BCUT2D eigenvalue weighted by atomic mass is 10.1. The van der Waals surface area contributed by atoms with E-state index in [2.05, 4.69) is 30.6 Å². The molecule has 0 radical (unpaired) electrons. The largest absolute Gasteiger partial charge is 0.395 e. The molecular weight excluding hydrogens is 196 g/mol. The second-order valence-electron chi connectivity index (χ2n) is 3.84. The van der Waals surface area contributed by atoms with Crippen molar-refractivity contribution in [2.24, 2.45) is 0 Å². The highest BCUT2D eigenvalue weighted by atomic mass is 16.2. The molecule has 0 unspecified atom stereocenters. The van der Waals surface area contributed by atoms with Crippen molar-refractivity contribution >= 4 is 0 Å². The Morgan fingerprint density at radius 3 is 1.69 bits per heavy atom. The third-order valence-corrected chi connectivity index (χ3v) is 2.25. The van der Waals surface area contributed by atoms with Gasteiger partial charge >= 0.3 is 0 Å². The van der Waals surface area contributed by atoms with Gasteiger partial charge in [0, 0.05) is 25.7 Å². The molecule has 0 aliphatic heterocycles. The van der Waals surface area contributed by atoms with Crippen LogP contribution >= 0.6 is 0 Å². The summed E-state index contributed by atoms with van der Waals surface area (Å²) < 4.78 is 0. The molecule has 0 bridgehead atoms. The molecule has 0 atom stereocenters. The second-order valence-corrected chi connectivity index (χ2v) is 3.84. The maximum atomic E-state index is 8.51. The standard InChI is InChI=1S/C15H24O/c1-2-3-4-5-6-7-8-9-10-11-12-13-14-15-16/h16H,2-4,7-11,14-15H2,1H3. The number of aliphatic hydroxyl groups excluding tert-OH is 1. The summed E-state index contributed by atoms with van der Waals surface area (Å²) in [7, 11) is 0. The molecule has 0 fully saturated rings. The maximum Gasteiger partial charge on any atom is 0.0540 e. The minimum Gasteiger partial charge on any atom is -0.395 e. The maximum absolute atomic E-state index is 8.51. The van der Waals surface area contributed by atoms with E-state index in [4.69, 9.17) is 5.11 Å². The van der Waals surface area contributed by atoms with Crippen molar-refractivity contribution in [3.8, 4) is 23.7 Å². The summed E-state index contributed by atoms with van der Waals surface area (Å²) in [5.74, 6) is 12.4. The highest BCUT2D eigenvalue weighted by Gasteiger charge is 1.85. The van der Waals surface area contributed by atoms with Crippen LogP contribution in [-0.4, -0.2) is 11.7 Å². The summed E-state index contributed by atoms with van der Waals surface area (Å²) in [4.78, 5) is 0. The van der Waals surface area contributed by atoms with E-state index in [1.807, 2.05) is 0 Å². The molecule has 0 spiro atoms. The van der Waals surface area contributed by atoms with Crippen LogP contribution in [0.25, 0.3) is 0 Å². The van der Waals surface area contributed by atoms with E-state index in [0.29, 0.717) is 6.42 Å². The molecule has 0 saturated heterocycles. The molecule has 0 aromatic rings. The minimum absolute atomic E-state index is 0.181. The van der Waals surface area contributed by atoms with E-state index < -0.39 is 0 Å². The van der Waals surface area contributed by atoms with E-state index in [-0.39, 0.29) is 6.61 Å². The first-order chi connectivity index (χ1) is 7.91. The molecule has 0 aliphatic rings. The fourth-order valence-corrected chi connectivity index (χ4v) is 1.28. The smallest absolute Gasteiger partial charge is 0.0540 e. The predicted octanol–water partition coefficient (Wildman–Crippen LogP) is 3.52. The Hall–Kier alpha value is -0.920. The van der Waals surface area contributed by atoms with Gasteiger partial charge in [-0.15, -0.1) is 23.7 Å². The van der Waals surface area contributed by atoms with Crippen molar-refractivity contribution in [2.45, 2.75) is 64.7 Å². The summed E-state index contributed by atoms with van der Waals surface area (Å²) >= 11 is 0. The fraction of sp³-hybridized carbons (Fsp3) is 0.733. The number of aliphatic hydroxyl groups is 1. The molecule has 1 nitrogen and oxygen atoms in total. The van der Waals surface area contributed by atoms with Gasteiger partial charge in [-0.3, -0.25) is 0 Å². The minimum atomic E-state index is 0.181. The average molecular weight is 220 g/mol. The van der Waals surface area contributed by atoms with Crippen LogP contribution in [0.3, 0.4) is 0 Å². The van der Waals surface area contributed by atoms with Crippen molar-refractivity contribution in [1.82, 2.24) is 0 Å². The first kappa shape index (κ1) is 15.1. The van der Waals surface area contributed by atoms with Gasteiger partial charge in [-0.2, -0.15) is 0 Å². The van der Waals surface area contributed by atoms with Gasteiger partial charge in [0.2, 0.25) is 0 Å². The van der Waals surface area contributed by atoms with Crippen molar-refractivity contribution in [3.05, 3.63) is 0 Å². The van der Waals surface area contributed by atoms with Gasteiger partial charge in [0.1, 0.15) is 0 Å². The number of hydrogen-bond acceptors (Lipinski definition) is 1. The van der Waals surface area contributed by atoms with E-state index in [0.717, 1.165) is 25.7 Å². The Labute approximate surface area is 101 Å². The Balaban J connectivity index is 3.15. The first-order valence-corrected chi connectivity index (χ1v) is 6.44. The average Bonchev–Trinajstić information content (AvgIpc) is 2.31. The molecule has 0 aliphatic carbocycles. The lowest BCUT2D eigenvalue weighted by Crippen LogP contribution is -1.78. The molecule has 0 aromatic heterocycles. The molecule has 0 heterocycles. The van der Waals surface area contributed by atoms with Gasteiger partial charge in [0.15, 0.2) is 0 Å². The number of rotatable bonds is 7. The van der Waals surface area contributed by atoms with Crippen LogP contribution in [0.5, 0.6) is 0 Å². The lowest BCUT2D eigenvalue weighted by Gasteiger charge is -1.92. The summed E-state index contributed by atoms with van der Waals surface area (Å²) in [5, 5.41) is 8.51. The Morgan fingerprint density at radius 1 is 0.688 bits per heavy atom. The third-order valence-electron chi connectivity index (χ3n) is 2.25. The Kier molecular flexibility index (Phi) is 13.3. The highest BCUT2D eigenvalue weighted by molar-refractivity contribution is 4.99. The Morgan fingerprint density at radius 2 is 1.19 bits per heavy atom. The molecule has 1 heteroatoms. The molecule has 16 heavy (non-hydrogen) atoms.